The fourth-order valence-electron chi connectivity index (χ4n) is 7.66. The Kier molecular flexibility index (Phi) is 8.70. The molecule has 0 saturated heterocycles. The zero-order valence-corrected chi connectivity index (χ0v) is 31.0. The van der Waals surface area contributed by atoms with Crippen LogP contribution >= 0.6 is 11.3 Å². The lowest BCUT2D eigenvalue weighted by Gasteiger charge is -2.10. The van der Waals surface area contributed by atoms with Crippen LogP contribution < -0.4 is 0 Å². The van der Waals surface area contributed by atoms with Crippen LogP contribution in [0.1, 0.15) is 23.6 Å². The van der Waals surface area contributed by atoms with Gasteiger partial charge in [0.15, 0.2) is 0 Å². The van der Waals surface area contributed by atoms with E-state index in [4.69, 9.17) is 0 Å². The van der Waals surface area contributed by atoms with Crippen molar-refractivity contribution in [3.8, 4) is 5.69 Å². The summed E-state index contributed by atoms with van der Waals surface area (Å²) in [7, 11) is 0. The average molecular weight is 711 g/mol. The van der Waals surface area contributed by atoms with Gasteiger partial charge in [-0.2, -0.15) is 0 Å². The molecule has 0 aliphatic rings. The molecular formula is C51H38N2S. The molecule has 54 heavy (non-hydrogen) atoms. The van der Waals surface area contributed by atoms with Crippen LogP contribution in [0.4, 0.5) is 0 Å². The average Bonchev–Trinajstić information content (AvgIpc) is 3.78. The van der Waals surface area contributed by atoms with Gasteiger partial charge < -0.3 is 4.57 Å². The molecule has 258 valence electrons. The number of nitrogens with zero attached hydrogens (tertiary/aromatic N) is 2. The Hall–Kier alpha value is -6.55. The number of aromatic nitrogens is 1. The minimum absolute atomic E-state index is 0.723. The van der Waals surface area contributed by atoms with E-state index < -0.39 is 0 Å². The van der Waals surface area contributed by atoms with Crippen LogP contribution in [0.15, 0.2) is 188 Å². The van der Waals surface area contributed by atoms with Crippen LogP contribution in [0, 0.1) is 0 Å². The Balaban J connectivity index is 0.000000336. The third-order valence-corrected chi connectivity index (χ3v) is 11.7. The molecule has 3 heteroatoms. The lowest BCUT2D eigenvalue weighted by Crippen LogP contribution is -1.94. The summed E-state index contributed by atoms with van der Waals surface area (Å²) in [6.07, 6.45) is 3.27. The zero-order valence-electron chi connectivity index (χ0n) is 30.2. The number of rotatable bonds is 6. The number of aliphatic imine (C=N–C) groups is 1. The lowest BCUT2D eigenvalue weighted by molar-refractivity contribution is 1.18. The van der Waals surface area contributed by atoms with Crippen molar-refractivity contribution in [2.45, 2.75) is 13.3 Å². The summed E-state index contributed by atoms with van der Waals surface area (Å²) in [6, 6.07) is 61.1. The fourth-order valence-corrected chi connectivity index (χ4v) is 8.91. The summed E-state index contributed by atoms with van der Waals surface area (Å²) in [5.41, 5.74) is 9.32. The number of benzene rings is 8. The molecule has 2 aromatic heterocycles. The first-order valence-electron chi connectivity index (χ1n) is 18.3. The quantitative estimate of drug-likeness (QED) is 0.153. The van der Waals surface area contributed by atoms with Gasteiger partial charge >= 0.3 is 0 Å². The van der Waals surface area contributed by atoms with E-state index in [2.05, 4.69) is 175 Å². The lowest BCUT2D eigenvalue weighted by atomic mass is 10.0. The monoisotopic (exact) mass is 710 g/mol. The third-order valence-electron chi connectivity index (χ3n) is 10.5. The summed E-state index contributed by atoms with van der Waals surface area (Å²) in [6.45, 7) is 9.32. The highest BCUT2D eigenvalue weighted by Crippen LogP contribution is 2.46. The van der Waals surface area contributed by atoms with Gasteiger partial charge in [0, 0.05) is 36.6 Å². The van der Waals surface area contributed by atoms with Gasteiger partial charge in [-0.15, -0.1) is 11.3 Å². The number of allylic oxidation sites excluding steroid dienone is 2. The highest BCUT2D eigenvalue weighted by molar-refractivity contribution is 7.27. The van der Waals surface area contributed by atoms with Crippen molar-refractivity contribution in [1.29, 1.82) is 0 Å². The fraction of sp³-hybridized carbons (Fsp3) is 0.0392. The Bertz CT molecular complexity index is 3040. The van der Waals surface area contributed by atoms with Gasteiger partial charge in [-0.3, -0.25) is 4.99 Å². The van der Waals surface area contributed by atoms with Gasteiger partial charge in [0.2, 0.25) is 0 Å². The van der Waals surface area contributed by atoms with Crippen molar-refractivity contribution in [3.05, 3.63) is 199 Å². The second-order valence-corrected chi connectivity index (χ2v) is 14.8. The number of thiophene rings is 1. The zero-order chi connectivity index (χ0) is 36.6. The standard InChI is InChI=1S/C42H29NS.C9H9N/c1-27(15-16-28-9-3-2-4-10-28)29-17-20-33(21-18-29)43-37-23-24-39-41(35-22-19-30-11-7-8-14-34(30)42(35)44-39)40(37)36-25-31-12-5-6-13-32(31)26-38(36)43;1-8(10-2)9-6-4-3-5-7-9/h2-15,17-26H,16H2,1H3;3-7H,1-2H2/b27-15+;. The molecular weight excluding hydrogens is 673 g/mol. The van der Waals surface area contributed by atoms with Crippen LogP contribution in [0.2, 0.25) is 0 Å². The van der Waals surface area contributed by atoms with Gasteiger partial charge in [0.1, 0.15) is 0 Å². The highest BCUT2D eigenvalue weighted by atomic mass is 32.1. The summed E-state index contributed by atoms with van der Waals surface area (Å²) < 4.78 is 5.17. The van der Waals surface area contributed by atoms with Gasteiger partial charge in [0.25, 0.3) is 0 Å². The minimum atomic E-state index is 0.723. The highest BCUT2D eigenvalue weighted by Gasteiger charge is 2.19. The van der Waals surface area contributed by atoms with Gasteiger partial charge in [0.05, 0.1) is 16.7 Å². The SMILES string of the molecule is C/C(=C\Cc1ccccc1)c1ccc(-n2c3cc4ccccc4cc3c3c4c(ccc32)sc2c3ccccc3ccc24)cc1.C=NC(=C)c1ccccc1. The molecule has 0 aliphatic carbocycles. The molecule has 0 spiro atoms. The molecule has 2 heterocycles. The number of fused-ring (bicyclic) bond motifs is 10. The molecule has 0 N–H and O–H groups in total. The summed E-state index contributed by atoms with van der Waals surface area (Å²) in [5, 5.41) is 10.5. The van der Waals surface area contributed by atoms with Crippen molar-refractivity contribution >= 4 is 92.8 Å². The first kappa shape index (κ1) is 33.3. The molecule has 0 radical (unpaired) electrons. The van der Waals surface area contributed by atoms with Crippen LogP contribution in [-0.4, -0.2) is 11.3 Å². The van der Waals surface area contributed by atoms with Gasteiger partial charge in [-0.25, -0.2) is 0 Å². The van der Waals surface area contributed by atoms with Crippen LogP contribution in [0.25, 0.3) is 80.5 Å². The summed E-state index contributed by atoms with van der Waals surface area (Å²) in [4.78, 5) is 3.71. The van der Waals surface area contributed by atoms with E-state index in [1.807, 2.05) is 41.7 Å². The molecule has 0 atom stereocenters. The van der Waals surface area contributed by atoms with Crippen LogP contribution in [-0.2, 0) is 6.42 Å². The van der Waals surface area contributed by atoms with E-state index in [9.17, 15) is 0 Å². The van der Waals surface area contributed by atoms with Crippen molar-refractivity contribution in [2.75, 3.05) is 0 Å². The second-order valence-electron chi connectivity index (χ2n) is 13.7. The molecule has 0 amide bonds. The van der Waals surface area contributed by atoms with E-state index in [-0.39, 0.29) is 0 Å². The van der Waals surface area contributed by atoms with Gasteiger partial charge in [-0.1, -0.05) is 146 Å². The van der Waals surface area contributed by atoms with E-state index in [0.29, 0.717) is 0 Å². The topological polar surface area (TPSA) is 17.3 Å². The Morgan fingerprint density at radius 2 is 1.26 bits per heavy atom. The van der Waals surface area contributed by atoms with Crippen LogP contribution in [0.5, 0.6) is 0 Å². The maximum Gasteiger partial charge on any atom is 0.0622 e. The smallest absolute Gasteiger partial charge is 0.0622 e. The third kappa shape index (κ3) is 5.99. The minimum Gasteiger partial charge on any atom is -0.309 e. The number of hydrogen-bond donors (Lipinski definition) is 0. The van der Waals surface area contributed by atoms with E-state index in [1.54, 1.807) is 0 Å². The molecule has 10 aromatic rings. The molecule has 0 saturated carbocycles. The summed E-state index contributed by atoms with van der Waals surface area (Å²) in [5.74, 6) is 0. The van der Waals surface area contributed by atoms with E-state index in [0.717, 1.165) is 17.7 Å². The number of hydrogen-bond acceptors (Lipinski definition) is 2. The van der Waals surface area contributed by atoms with Crippen molar-refractivity contribution < 1.29 is 0 Å². The molecule has 2 nitrogen and oxygen atoms in total. The largest absolute Gasteiger partial charge is 0.309 e. The van der Waals surface area contributed by atoms with E-state index >= 15 is 0 Å². The molecule has 0 unspecified atom stereocenters. The maximum atomic E-state index is 3.71. The van der Waals surface area contributed by atoms with E-state index in [1.165, 1.54) is 85.9 Å². The Labute approximate surface area is 319 Å². The molecule has 0 fully saturated rings. The van der Waals surface area contributed by atoms with Crippen molar-refractivity contribution in [3.63, 3.8) is 0 Å². The molecule has 0 aliphatic heterocycles. The van der Waals surface area contributed by atoms with Crippen LogP contribution in [0.3, 0.4) is 0 Å². The van der Waals surface area contributed by atoms with Crippen molar-refractivity contribution in [1.82, 2.24) is 4.57 Å². The first-order valence-corrected chi connectivity index (χ1v) is 19.1. The predicted octanol–water partition coefficient (Wildman–Crippen LogP) is 14.5. The predicted molar refractivity (Wildman–Crippen MR) is 238 cm³/mol. The second kappa shape index (κ2) is 14.1. The summed E-state index contributed by atoms with van der Waals surface area (Å²) >= 11 is 1.92. The first-order chi connectivity index (χ1) is 26.6. The molecule has 8 aromatic carbocycles. The molecule has 0 bridgehead atoms. The maximum absolute atomic E-state index is 3.71. The van der Waals surface area contributed by atoms with Gasteiger partial charge in [-0.05, 0) is 100 Å². The van der Waals surface area contributed by atoms with Crippen molar-refractivity contribution in [2.24, 2.45) is 4.99 Å². The Morgan fingerprint density at radius 1 is 0.593 bits per heavy atom. The molecule has 10 rings (SSSR count). The Morgan fingerprint density at radius 3 is 2.00 bits per heavy atom. The normalized spacial score (nSPS) is 11.8.